The van der Waals surface area contributed by atoms with Crippen LogP contribution in [0.25, 0.3) is 0 Å². The highest BCUT2D eigenvalue weighted by molar-refractivity contribution is 5.84. The summed E-state index contributed by atoms with van der Waals surface area (Å²) in [6, 6.07) is 0. The Morgan fingerprint density at radius 1 is 1.10 bits per heavy atom. The van der Waals surface area contributed by atoms with E-state index in [1.54, 1.807) is 6.92 Å². The highest BCUT2D eigenvalue weighted by Gasteiger charge is 2.50. The van der Waals surface area contributed by atoms with Gasteiger partial charge in [0, 0.05) is 0 Å². The Morgan fingerprint density at radius 2 is 1.65 bits per heavy atom. The minimum Gasteiger partial charge on any atom is -0.481 e. The number of aliphatic carboxylic acids is 1. The Balaban J connectivity index is 5.26. The molecule has 4 nitrogen and oxygen atoms in total. The van der Waals surface area contributed by atoms with Crippen LogP contribution < -0.4 is 0 Å². The molecule has 0 rings (SSSR count). The van der Waals surface area contributed by atoms with Gasteiger partial charge in [0.15, 0.2) is 0 Å². The van der Waals surface area contributed by atoms with Gasteiger partial charge in [0.25, 0.3) is 0 Å². The monoisotopic (exact) mass is 286 g/mol. The lowest BCUT2D eigenvalue weighted by Gasteiger charge is -2.38. The molecule has 2 atom stereocenters. The number of hydrogen-bond acceptors (Lipinski definition) is 3. The van der Waals surface area contributed by atoms with Gasteiger partial charge in [0.1, 0.15) is 0 Å². The molecule has 1 N–H and O–H groups in total. The third-order valence-corrected chi connectivity index (χ3v) is 4.23. The maximum absolute atomic E-state index is 12.5. The fourth-order valence-corrected chi connectivity index (χ4v) is 2.65. The predicted molar refractivity (Wildman–Crippen MR) is 79.5 cm³/mol. The molecule has 0 spiro atoms. The number of carboxylic acids is 1. The first-order valence-corrected chi connectivity index (χ1v) is 7.74. The lowest BCUT2D eigenvalue weighted by molar-refractivity contribution is -0.171. The van der Waals surface area contributed by atoms with Crippen molar-refractivity contribution in [3.8, 4) is 0 Å². The van der Waals surface area contributed by atoms with Crippen molar-refractivity contribution in [1.29, 1.82) is 0 Å². The Kier molecular flexibility index (Phi) is 8.51. The SMILES string of the molecule is CCCCOC(=O)C(CCCC)(C(C)C)C(C)C(=O)O. The molecule has 0 amide bonds. The second-order valence-electron chi connectivity index (χ2n) is 5.85. The molecule has 0 saturated heterocycles. The average molecular weight is 286 g/mol. The van der Waals surface area contributed by atoms with E-state index in [-0.39, 0.29) is 11.9 Å². The van der Waals surface area contributed by atoms with E-state index in [2.05, 4.69) is 0 Å². The van der Waals surface area contributed by atoms with Crippen molar-refractivity contribution < 1.29 is 19.4 Å². The number of carbonyl (C=O) groups excluding carboxylic acids is 1. The average Bonchev–Trinajstić information content (AvgIpc) is 2.39. The van der Waals surface area contributed by atoms with Gasteiger partial charge in [-0.1, -0.05) is 53.9 Å². The number of carbonyl (C=O) groups is 2. The maximum Gasteiger partial charge on any atom is 0.313 e. The summed E-state index contributed by atoms with van der Waals surface area (Å²) >= 11 is 0. The smallest absolute Gasteiger partial charge is 0.313 e. The van der Waals surface area contributed by atoms with Gasteiger partial charge in [0.2, 0.25) is 0 Å². The molecule has 20 heavy (non-hydrogen) atoms. The van der Waals surface area contributed by atoms with Gasteiger partial charge >= 0.3 is 11.9 Å². The van der Waals surface area contributed by atoms with E-state index >= 15 is 0 Å². The summed E-state index contributed by atoms with van der Waals surface area (Å²) < 4.78 is 5.38. The quantitative estimate of drug-likeness (QED) is 0.489. The normalized spacial score (nSPS) is 15.7. The van der Waals surface area contributed by atoms with E-state index in [1.807, 2.05) is 27.7 Å². The van der Waals surface area contributed by atoms with Crippen LogP contribution in [0.4, 0.5) is 0 Å². The Bertz CT molecular complexity index is 312. The van der Waals surface area contributed by atoms with E-state index in [0.717, 1.165) is 25.7 Å². The summed E-state index contributed by atoms with van der Waals surface area (Å²) in [6.45, 7) is 9.90. The number of esters is 1. The highest BCUT2D eigenvalue weighted by Crippen LogP contribution is 2.42. The lowest BCUT2D eigenvalue weighted by Crippen LogP contribution is -2.46. The van der Waals surface area contributed by atoms with Crippen LogP contribution in [-0.4, -0.2) is 23.7 Å². The standard InChI is InChI=1S/C16H30O4/c1-6-8-10-16(12(3)4,13(5)14(17)18)15(19)20-11-9-7-2/h12-13H,6-11H2,1-5H3,(H,17,18). The highest BCUT2D eigenvalue weighted by atomic mass is 16.5. The van der Waals surface area contributed by atoms with Gasteiger partial charge < -0.3 is 9.84 Å². The van der Waals surface area contributed by atoms with Crippen molar-refractivity contribution in [2.45, 2.75) is 66.7 Å². The van der Waals surface area contributed by atoms with Crippen LogP contribution in [0.1, 0.15) is 66.7 Å². The fourth-order valence-electron chi connectivity index (χ4n) is 2.65. The number of hydrogen-bond donors (Lipinski definition) is 1. The molecule has 0 aliphatic heterocycles. The van der Waals surface area contributed by atoms with Gasteiger partial charge in [-0.3, -0.25) is 9.59 Å². The Hall–Kier alpha value is -1.06. The lowest BCUT2D eigenvalue weighted by atomic mass is 9.65. The van der Waals surface area contributed by atoms with Gasteiger partial charge in [-0.05, 0) is 18.8 Å². The van der Waals surface area contributed by atoms with Crippen LogP contribution in [0, 0.1) is 17.3 Å². The summed E-state index contributed by atoms with van der Waals surface area (Å²) in [4.78, 5) is 24.0. The summed E-state index contributed by atoms with van der Waals surface area (Å²) in [5.41, 5.74) is -0.921. The molecule has 0 aliphatic rings. The fraction of sp³-hybridized carbons (Fsp3) is 0.875. The molecule has 0 aromatic carbocycles. The molecule has 2 unspecified atom stereocenters. The zero-order chi connectivity index (χ0) is 15.8. The van der Waals surface area contributed by atoms with Crippen LogP contribution >= 0.6 is 0 Å². The van der Waals surface area contributed by atoms with E-state index < -0.39 is 17.3 Å². The Labute approximate surface area is 122 Å². The number of unbranched alkanes of at least 4 members (excludes halogenated alkanes) is 2. The Morgan fingerprint density at radius 3 is 2.05 bits per heavy atom. The van der Waals surface area contributed by atoms with Crippen LogP contribution in [0.2, 0.25) is 0 Å². The maximum atomic E-state index is 12.5. The minimum atomic E-state index is -0.928. The van der Waals surface area contributed by atoms with Crippen molar-refractivity contribution in [3.63, 3.8) is 0 Å². The molecular weight excluding hydrogens is 256 g/mol. The summed E-state index contributed by atoms with van der Waals surface area (Å²) in [5.74, 6) is -2.07. The molecule has 0 saturated carbocycles. The summed E-state index contributed by atoms with van der Waals surface area (Å²) in [6.07, 6.45) is 4.10. The second-order valence-corrected chi connectivity index (χ2v) is 5.85. The van der Waals surface area contributed by atoms with Gasteiger partial charge in [-0.15, -0.1) is 0 Å². The number of rotatable bonds is 10. The minimum absolute atomic E-state index is 0.0609. The van der Waals surface area contributed by atoms with Crippen LogP contribution in [-0.2, 0) is 14.3 Å². The van der Waals surface area contributed by atoms with Gasteiger partial charge in [0.05, 0.1) is 17.9 Å². The third kappa shape index (κ3) is 4.50. The van der Waals surface area contributed by atoms with E-state index in [1.165, 1.54) is 0 Å². The van der Waals surface area contributed by atoms with Gasteiger partial charge in [-0.2, -0.15) is 0 Å². The molecule has 0 aliphatic carbocycles. The zero-order valence-electron chi connectivity index (χ0n) is 13.6. The molecule has 0 aromatic heterocycles. The first-order valence-electron chi connectivity index (χ1n) is 7.74. The van der Waals surface area contributed by atoms with E-state index in [9.17, 15) is 14.7 Å². The van der Waals surface area contributed by atoms with Crippen LogP contribution in [0.3, 0.4) is 0 Å². The predicted octanol–water partition coefficient (Wildman–Crippen LogP) is 3.88. The molecule has 0 fully saturated rings. The molecule has 0 bridgehead atoms. The zero-order valence-corrected chi connectivity index (χ0v) is 13.6. The first-order chi connectivity index (χ1) is 9.34. The van der Waals surface area contributed by atoms with Crippen molar-refractivity contribution in [2.75, 3.05) is 6.61 Å². The van der Waals surface area contributed by atoms with E-state index in [0.29, 0.717) is 13.0 Å². The molecule has 0 heterocycles. The summed E-state index contributed by atoms with van der Waals surface area (Å²) in [5, 5.41) is 9.38. The summed E-state index contributed by atoms with van der Waals surface area (Å²) in [7, 11) is 0. The largest absolute Gasteiger partial charge is 0.481 e. The van der Waals surface area contributed by atoms with Crippen LogP contribution in [0.15, 0.2) is 0 Å². The van der Waals surface area contributed by atoms with Crippen LogP contribution in [0.5, 0.6) is 0 Å². The van der Waals surface area contributed by atoms with Crippen molar-refractivity contribution in [2.24, 2.45) is 17.3 Å². The van der Waals surface area contributed by atoms with Crippen molar-refractivity contribution in [1.82, 2.24) is 0 Å². The van der Waals surface area contributed by atoms with Crippen molar-refractivity contribution >= 4 is 11.9 Å². The second kappa shape index (κ2) is 8.98. The molecule has 4 heteroatoms. The molecular formula is C16H30O4. The number of ether oxygens (including phenoxy) is 1. The number of carboxylic acid groups (broad SMARTS) is 1. The third-order valence-electron chi connectivity index (χ3n) is 4.23. The first kappa shape index (κ1) is 18.9. The van der Waals surface area contributed by atoms with E-state index in [4.69, 9.17) is 4.74 Å². The van der Waals surface area contributed by atoms with Crippen molar-refractivity contribution in [3.05, 3.63) is 0 Å². The molecule has 0 radical (unpaired) electrons. The van der Waals surface area contributed by atoms with Gasteiger partial charge in [-0.25, -0.2) is 0 Å². The molecule has 0 aromatic rings. The topological polar surface area (TPSA) is 63.6 Å². The molecule has 118 valence electrons.